The summed E-state index contributed by atoms with van der Waals surface area (Å²) in [5, 5.41) is 21.9. The van der Waals surface area contributed by atoms with E-state index in [4.69, 9.17) is 18.5 Å². The first-order chi connectivity index (χ1) is 33.5. The van der Waals surface area contributed by atoms with E-state index >= 15 is 0 Å². The number of aliphatic hydroxyl groups is 2. The Balaban J connectivity index is 2.87. The van der Waals surface area contributed by atoms with Gasteiger partial charge in [-0.15, -0.1) is 0 Å². The van der Waals surface area contributed by atoms with Crippen molar-refractivity contribution in [2.75, 3.05) is 13.2 Å². The summed E-state index contributed by atoms with van der Waals surface area (Å²) in [7, 11) is -23.0. The third kappa shape index (κ3) is 36.6. The number of phosphoric ester groups is 4. The van der Waals surface area contributed by atoms with Crippen LogP contribution >= 0.6 is 31.3 Å². The first-order valence-electron chi connectivity index (χ1n) is 25.7. The van der Waals surface area contributed by atoms with Crippen molar-refractivity contribution in [1.82, 2.24) is 0 Å². The number of carbonyl (C=O) groups is 2. The van der Waals surface area contributed by atoms with Crippen molar-refractivity contribution in [2.24, 2.45) is 0 Å². The van der Waals surface area contributed by atoms with E-state index in [-0.39, 0.29) is 12.8 Å². The highest BCUT2D eigenvalue weighted by molar-refractivity contribution is 7.47. The fraction of sp³-hybridized carbons (Fsp3) is 0.911. The summed E-state index contributed by atoms with van der Waals surface area (Å²) in [5.74, 6) is -1.40. The lowest BCUT2D eigenvalue weighted by Gasteiger charge is -2.45. The Hall–Kier alpha value is -0.960. The van der Waals surface area contributed by atoms with Gasteiger partial charge in [0.1, 0.15) is 43.2 Å². The molecule has 1 aliphatic carbocycles. The number of hydrogen-bond donors (Lipinski definition) is 9. The zero-order valence-corrected chi connectivity index (χ0v) is 45.5. The number of phosphoric acid groups is 4. The molecule has 6 atom stereocenters. The monoisotopic (exact) mass is 1100 g/mol. The van der Waals surface area contributed by atoms with Crippen molar-refractivity contribution in [2.45, 2.75) is 249 Å². The van der Waals surface area contributed by atoms with Crippen LogP contribution in [-0.2, 0) is 59.9 Å². The summed E-state index contributed by atoms with van der Waals surface area (Å²) in [6, 6.07) is 0. The Bertz CT molecular complexity index is 1600. The fourth-order valence-corrected chi connectivity index (χ4v) is 10.7. The predicted molar refractivity (Wildman–Crippen MR) is 263 cm³/mol. The molecule has 0 spiro atoms. The second-order valence-corrected chi connectivity index (χ2v) is 23.3. The molecule has 0 heterocycles. The molecule has 26 heteroatoms. The summed E-state index contributed by atoms with van der Waals surface area (Å²) in [6.07, 6.45) is 17.0. The number of rotatable bonds is 45. The summed E-state index contributed by atoms with van der Waals surface area (Å²) in [5.41, 5.74) is 0. The Morgan fingerprint density at radius 2 is 0.775 bits per heavy atom. The second kappa shape index (κ2) is 38.6. The van der Waals surface area contributed by atoms with E-state index in [0.29, 0.717) is 19.3 Å². The maximum absolute atomic E-state index is 13.3. The molecule has 6 unspecified atom stereocenters. The van der Waals surface area contributed by atoms with Gasteiger partial charge in [0, 0.05) is 12.8 Å². The van der Waals surface area contributed by atoms with Crippen LogP contribution < -0.4 is 0 Å². The number of hydrogen-bond acceptors (Lipinski definition) is 15. The SMILES string of the molecule is CCCCCCCCC=CCCCCCCCC(=O)OC(COC(=O)CCCCCCCCCCCCCCCCC)COP(=O)(O)OC1C(O)C(OP(=O)(O)O)C(OP(=O)(O)O)C(OP(=O)(O)O)C1O. The number of ether oxygens (including phenoxy) is 2. The van der Waals surface area contributed by atoms with E-state index in [9.17, 15) is 72.3 Å². The van der Waals surface area contributed by atoms with Crippen molar-refractivity contribution in [1.29, 1.82) is 0 Å². The van der Waals surface area contributed by atoms with Crippen molar-refractivity contribution >= 4 is 43.2 Å². The predicted octanol–water partition coefficient (Wildman–Crippen LogP) is 9.41. The summed E-state index contributed by atoms with van der Waals surface area (Å²) in [4.78, 5) is 92.9. The highest BCUT2D eigenvalue weighted by Crippen LogP contribution is 2.53. The van der Waals surface area contributed by atoms with Gasteiger partial charge in [-0.25, -0.2) is 18.3 Å². The van der Waals surface area contributed by atoms with Crippen LogP contribution in [0, 0.1) is 0 Å². The van der Waals surface area contributed by atoms with Gasteiger partial charge in [0.15, 0.2) is 6.10 Å². The molecule has 71 heavy (non-hydrogen) atoms. The van der Waals surface area contributed by atoms with Gasteiger partial charge >= 0.3 is 43.2 Å². The molecule has 1 aliphatic rings. The first-order valence-corrected chi connectivity index (χ1v) is 31.8. The molecule has 1 rings (SSSR count). The van der Waals surface area contributed by atoms with Gasteiger partial charge in [-0.3, -0.25) is 32.2 Å². The number of allylic oxidation sites excluding steroid dienone is 2. The van der Waals surface area contributed by atoms with Gasteiger partial charge < -0.3 is 53.9 Å². The standard InChI is InChI=1S/C45H88O22P4/c1-3-5-7-9-11-13-15-17-19-21-23-25-27-29-31-33-38(46)61-35-37(63-39(47)34-32-30-28-26-24-22-20-18-16-14-12-10-8-6-4-2)36-62-71(59,60)67-42-40(48)43(64-68(50,51)52)45(66-70(56,57)58)44(41(42)49)65-69(53,54)55/h18,20,37,40-45,48-49H,3-17,19,21-36H2,1-2H3,(H,59,60)(H2,50,51,52)(H2,53,54,55)(H2,56,57,58). The highest BCUT2D eigenvalue weighted by atomic mass is 31.2. The van der Waals surface area contributed by atoms with Gasteiger partial charge in [0.05, 0.1) is 6.61 Å². The largest absolute Gasteiger partial charge is 0.472 e. The van der Waals surface area contributed by atoms with E-state index in [0.717, 1.165) is 64.2 Å². The number of aliphatic hydroxyl groups excluding tert-OH is 2. The molecule has 1 saturated carbocycles. The van der Waals surface area contributed by atoms with Gasteiger partial charge in [0.25, 0.3) is 0 Å². The maximum atomic E-state index is 13.3. The number of esters is 2. The van der Waals surface area contributed by atoms with Crippen LogP contribution in [0.15, 0.2) is 12.2 Å². The molecule has 0 saturated heterocycles. The molecule has 22 nitrogen and oxygen atoms in total. The molecule has 0 radical (unpaired) electrons. The molecule has 1 fully saturated rings. The van der Waals surface area contributed by atoms with Crippen LogP contribution in [0.2, 0.25) is 0 Å². The topological polar surface area (TPSA) is 349 Å². The molecule has 0 amide bonds. The Morgan fingerprint density at radius 3 is 1.15 bits per heavy atom. The van der Waals surface area contributed by atoms with E-state index in [1.54, 1.807) is 0 Å². The van der Waals surface area contributed by atoms with E-state index in [1.807, 2.05) is 0 Å². The summed E-state index contributed by atoms with van der Waals surface area (Å²) in [6.45, 7) is 2.77. The van der Waals surface area contributed by atoms with Crippen LogP contribution in [0.3, 0.4) is 0 Å². The molecule has 0 bridgehead atoms. The molecule has 0 aromatic heterocycles. The second-order valence-electron chi connectivity index (χ2n) is 18.3. The molecule has 0 aromatic rings. The highest BCUT2D eigenvalue weighted by Gasteiger charge is 2.59. The summed E-state index contributed by atoms with van der Waals surface area (Å²) >= 11 is 0. The minimum absolute atomic E-state index is 0.0379. The average Bonchev–Trinajstić information content (AvgIpc) is 3.27. The Kier molecular flexibility index (Phi) is 37.0. The maximum Gasteiger partial charge on any atom is 0.472 e. The zero-order chi connectivity index (χ0) is 53.2. The van der Waals surface area contributed by atoms with Crippen LogP contribution in [0.25, 0.3) is 0 Å². The van der Waals surface area contributed by atoms with Crippen LogP contribution in [0.4, 0.5) is 0 Å². The average molecular weight is 1110 g/mol. The molecule has 9 N–H and O–H groups in total. The molecule has 420 valence electrons. The van der Waals surface area contributed by atoms with Crippen molar-refractivity contribution < 1.29 is 104 Å². The molecule has 0 aliphatic heterocycles. The van der Waals surface area contributed by atoms with Crippen molar-refractivity contribution in [3.63, 3.8) is 0 Å². The van der Waals surface area contributed by atoms with E-state index in [2.05, 4.69) is 39.6 Å². The lowest BCUT2D eigenvalue weighted by Crippen LogP contribution is -2.65. The van der Waals surface area contributed by atoms with Crippen LogP contribution in [0.1, 0.15) is 206 Å². The minimum Gasteiger partial charge on any atom is -0.462 e. The molecule has 0 aromatic carbocycles. The summed E-state index contributed by atoms with van der Waals surface area (Å²) < 4.78 is 82.2. The van der Waals surface area contributed by atoms with Gasteiger partial charge in [-0.2, -0.15) is 0 Å². The number of carbonyl (C=O) groups excluding carboxylic acids is 2. The van der Waals surface area contributed by atoms with Crippen molar-refractivity contribution in [3.8, 4) is 0 Å². The minimum atomic E-state index is -5.79. The van der Waals surface area contributed by atoms with Gasteiger partial charge in [-0.1, -0.05) is 167 Å². The van der Waals surface area contributed by atoms with E-state index in [1.165, 1.54) is 96.3 Å². The van der Waals surface area contributed by atoms with Crippen LogP contribution in [0.5, 0.6) is 0 Å². The number of unbranched alkanes of at least 4 members (excludes halogenated alkanes) is 25. The third-order valence-electron chi connectivity index (χ3n) is 11.8. The quantitative estimate of drug-likeness (QED) is 0.0119. The zero-order valence-electron chi connectivity index (χ0n) is 41.9. The fourth-order valence-electron chi connectivity index (χ4n) is 8.08. The van der Waals surface area contributed by atoms with Crippen LogP contribution in [-0.4, -0.2) is 112 Å². The lowest BCUT2D eigenvalue weighted by molar-refractivity contribution is -0.209. The van der Waals surface area contributed by atoms with Crippen molar-refractivity contribution in [3.05, 3.63) is 12.2 Å². The molecular weight excluding hydrogens is 1020 g/mol. The normalized spacial score (nSPS) is 21.3. The van der Waals surface area contributed by atoms with Gasteiger partial charge in [-0.05, 0) is 38.5 Å². The Morgan fingerprint density at radius 1 is 0.437 bits per heavy atom. The Labute approximate surface area is 421 Å². The smallest absolute Gasteiger partial charge is 0.462 e. The lowest BCUT2D eigenvalue weighted by atomic mass is 9.85. The van der Waals surface area contributed by atoms with E-state index < -0.39 is 99.2 Å². The first kappa shape index (κ1) is 68.1. The third-order valence-corrected chi connectivity index (χ3v) is 14.3. The van der Waals surface area contributed by atoms with Gasteiger partial charge in [0.2, 0.25) is 0 Å². The molecular formula is C45H88O22P4.